The molecule has 0 saturated carbocycles. The van der Waals surface area contributed by atoms with Crippen LogP contribution in [0.25, 0.3) is 0 Å². The minimum absolute atomic E-state index is 0.262. The van der Waals surface area contributed by atoms with Crippen molar-refractivity contribution in [3.63, 3.8) is 0 Å². The molecule has 0 radical (unpaired) electrons. The molecule has 3 rings (SSSR count). The summed E-state index contributed by atoms with van der Waals surface area (Å²) in [7, 11) is -3.73. The lowest BCUT2D eigenvalue weighted by Gasteiger charge is -2.53. The van der Waals surface area contributed by atoms with Gasteiger partial charge in [-0.1, -0.05) is 0 Å². The van der Waals surface area contributed by atoms with Gasteiger partial charge in [-0.25, -0.2) is 8.42 Å². The Morgan fingerprint density at radius 3 is 2.57 bits per heavy atom. The van der Waals surface area contributed by atoms with Gasteiger partial charge in [-0.3, -0.25) is 4.79 Å². The zero-order valence-corrected chi connectivity index (χ0v) is 13.8. The number of nitrogens with zero attached hydrogens (tertiary/aromatic N) is 1. The van der Waals surface area contributed by atoms with Crippen molar-refractivity contribution < 1.29 is 17.9 Å². The Morgan fingerprint density at radius 1 is 1.43 bits per heavy atom. The van der Waals surface area contributed by atoms with Gasteiger partial charge in [0.25, 0.3) is 0 Å². The molecule has 2 aliphatic heterocycles. The van der Waals surface area contributed by atoms with Crippen molar-refractivity contribution in [1.29, 1.82) is 0 Å². The minimum Gasteiger partial charge on any atom is -0.377 e. The van der Waals surface area contributed by atoms with Gasteiger partial charge in [0, 0.05) is 11.4 Å². The van der Waals surface area contributed by atoms with Crippen LogP contribution >= 0.6 is 11.3 Å². The smallest absolute Gasteiger partial charge is 0.245 e. The van der Waals surface area contributed by atoms with E-state index in [-0.39, 0.29) is 5.91 Å². The fraction of sp³-hybridized carbons (Fsp3) is 0.615. The number of sulfonamides is 1. The van der Waals surface area contributed by atoms with Crippen molar-refractivity contribution in [1.82, 2.24) is 9.62 Å². The molecular weight excluding hydrogens is 312 g/mol. The van der Waals surface area contributed by atoms with Gasteiger partial charge in [0.2, 0.25) is 15.9 Å². The first-order valence-corrected chi connectivity index (χ1v) is 9.06. The van der Waals surface area contributed by atoms with Crippen LogP contribution in [0.2, 0.25) is 0 Å². The van der Waals surface area contributed by atoms with Crippen molar-refractivity contribution in [2.75, 3.05) is 19.8 Å². The number of carbonyl (C=O) groups excluding carboxylic acids is 1. The summed E-state index contributed by atoms with van der Waals surface area (Å²) in [6, 6.07) is -0.730. The summed E-state index contributed by atoms with van der Waals surface area (Å²) < 4.78 is 32.9. The zero-order valence-electron chi connectivity index (χ0n) is 12.2. The van der Waals surface area contributed by atoms with E-state index in [9.17, 15) is 13.2 Å². The molecular formula is C13H18N2O4S2. The van der Waals surface area contributed by atoms with Crippen LogP contribution in [-0.4, -0.2) is 50.0 Å². The maximum absolute atomic E-state index is 13.2. The minimum atomic E-state index is -3.73. The quantitative estimate of drug-likeness (QED) is 0.863. The molecule has 0 aromatic carbocycles. The highest BCUT2D eigenvalue weighted by atomic mass is 32.2. The van der Waals surface area contributed by atoms with Gasteiger partial charge >= 0.3 is 0 Å². The highest BCUT2D eigenvalue weighted by Gasteiger charge is 2.56. The Labute approximate surface area is 128 Å². The SMILES string of the molecule is Cc1csc(C)c1S(=O)(=O)N1[C@@H](C)C(=O)NCC12COC2. The topological polar surface area (TPSA) is 75.7 Å². The molecule has 2 aliphatic rings. The van der Waals surface area contributed by atoms with Crippen molar-refractivity contribution in [3.8, 4) is 0 Å². The van der Waals surface area contributed by atoms with E-state index >= 15 is 0 Å². The maximum atomic E-state index is 13.2. The third-order valence-electron chi connectivity index (χ3n) is 4.14. The molecule has 1 aromatic rings. The number of thiophene rings is 1. The zero-order chi connectivity index (χ0) is 15.4. The molecule has 8 heteroatoms. The second kappa shape index (κ2) is 4.77. The third-order valence-corrected chi connectivity index (χ3v) is 7.66. The molecule has 21 heavy (non-hydrogen) atoms. The van der Waals surface area contributed by atoms with E-state index in [2.05, 4.69) is 5.32 Å². The second-order valence-corrected chi connectivity index (χ2v) is 8.55. The Balaban J connectivity index is 2.13. The Morgan fingerprint density at radius 2 is 2.10 bits per heavy atom. The number of aryl methyl sites for hydroxylation is 2. The number of hydrogen-bond acceptors (Lipinski definition) is 5. The van der Waals surface area contributed by atoms with Crippen LogP contribution in [0.5, 0.6) is 0 Å². The number of carbonyl (C=O) groups is 1. The van der Waals surface area contributed by atoms with Crippen molar-refractivity contribution >= 4 is 27.3 Å². The Bertz CT molecular complexity index is 672. The predicted octanol–water partition coefficient (Wildman–Crippen LogP) is 0.643. The molecule has 3 heterocycles. The van der Waals surface area contributed by atoms with Crippen LogP contribution in [0.4, 0.5) is 0 Å². The molecule has 0 aliphatic carbocycles. The molecule has 2 saturated heterocycles. The van der Waals surface area contributed by atoms with E-state index in [1.54, 1.807) is 20.8 Å². The number of amides is 1. The van der Waals surface area contributed by atoms with Gasteiger partial charge in [0.15, 0.2) is 0 Å². The van der Waals surface area contributed by atoms with E-state index in [4.69, 9.17) is 4.74 Å². The number of ether oxygens (including phenoxy) is 1. The molecule has 2 fully saturated rings. The van der Waals surface area contributed by atoms with Gasteiger partial charge in [0.1, 0.15) is 11.6 Å². The highest BCUT2D eigenvalue weighted by Crippen LogP contribution is 2.38. The normalized spacial score (nSPS) is 25.7. The Hall–Kier alpha value is -0.960. The first-order valence-electron chi connectivity index (χ1n) is 6.74. The largest absolute Gasteiger partial charge is 0.377 e. The summed E-state index contributed by atoms with van der Waals surface area (Å²) in [6.45, 7) is 6.15. The van der Waals surface area contributed by atoms with E-state index in [0.717, 1.165) is 10.4 Å². The summed E-state index contributed by atoms with van der Waals surface area (Å²) in [5.41, 5.74) is 0.0820. The van der Waals surface area contributed by atoms with Gasteiger partial charge in [-0.05, 0) is 31.7 Å². The van der Waals surface area contributed by atoms with E-state index in [1.165, 1.54) is 15.6 Å². The summed E-state index contributed by atoms with van der Waals surface area (Å²) in [5, 5.41) is 4.61. The van der Waals surface area contributed by atoms with Gasteiger partial charge in [-0.15, -0.1) is 11.3 Å². The predicted molar refractivity (Wildman–Crippen MR) is 78.8 cm³/mol. The lowest BCUT2D eigenvalue weighted by molar-refractivity contribution is -0.153. The number of hydrogen-bond donors (Lipinski definition) is 1. The van der Waals surface area contributed by atoms with Crippen LogP contribution in [0.1, 0.15) is 17.4 Å². The van der Waals surface area contributed by atoms with Gasteiger partial charge in [0.05, 0.1) is 18.1 Å². The van der Waals surface area contributed by atoms with Crippen molar-refractivity contribution in [2.45, 2.75) is 37.2 Å². The first kappa shape index (κ1) is 15.0. The van der Waals surface area contributed by atoms with Crippen LogP contribution in [-0.2, 0) is 19.6 Å². The van der Waals surface area contributed by atoms with Crippen LogP contribution in [0.3, 0.4) is 0 Å². The van der Waals surface area contributed by atoms with Crippen molar-refractivity contribution in [3.05, 3.63) is 15.8 Å². The number of nitrogens with one attached hydrogen (secondary N) is 1. The molecule has 1 spiro atoms. The highest BCUT2D eigenvalue weighted by molar-refractivity contribution is 7.89. The standard InChI is InChI=1S/C13H18N2O4S2/c1-8-4-20-10(3)11(8)21(17,18)15-9(2)12(16)14-5-13(15)6-19-7-13/h4,9H,5-7H2,1-3H3,(H,14,16)/t9-/m0/s1. The van der Waals surface area contributed by atoms with Crippen LogP contribution in [0, 0.1) is 13.8 Å². The molecule has 116 valence electrons. The monoisotopic (exact) mass is 330 g/mol. The summed E-state index contributed by atoms with van der Waals surface area (Å²) in [6.07, 6.45) is 0. The maximum Gasteiger partial charge on any atom is 0.245 e. The summed E-state index contributed by atoms with van der Waals surface area (Å²) in [5.74, 6) is -0.262. The van der Waals surface area contributed by atoms with Crippen LogP contribution < -0.4 is 5.32 Å². The average molecular weight is 330 g/mol. The van der Waals surface area contributed by atoms with Crippen LogP contribution in [0.15, 0.2) is 10.3 Å². The molecule has 1 atom stereocenters. The average Bonchev–Trinajstić information content (AvgIpc) is 2.70. The Kier molecular flexibility index (Phi) is 3.40. The molecule has 6 nitrogen and oxygen atoms in total. The summed E-state index contributed by atoms with van der Waals surface area (Å²) >= 11 is 1.41. The molecule has 1 aromatic heterocycles. The van der Waals surface area contributed by atoms with Crippen molar-refractivity contribution in [2.24, 2.45) is 0 Å². The summed E-state index contributed by atoms with van der Waals surface area (Å²) in [4.78, 5) is 13.0. The third kappa shape index (κ3) is 2.04. The molecule has 0 bridgehead atoms. The first-order chi connectivity index (χ1) is 9.79. The van der Waals surface area contributed by atoms with E-state index < -0.39 is 21.6 Å². The second-order valence-electron chi connectivity index (χ2n) is 5.72. The molecule has 1 N–H and O–H groups in total. The van der Waals surface area contributed by atoms with E-state index in [1.807, 2.05) is 5.38 Å². The fourth-order valence-electron chi connectivity index (χ4n) is 3.07. The van der Waals surface area contributed by atoms with E-state index in [0.29, 0.717) is 24.7 Å². The van der Waals surface area contributed by atoms with Gasteiger partial charge in [-0.2, -0.15) is 4.31 Å². The molecule has 1 amide bonds. The lowest BCUT2D eigenvalue weighted by atomic mass is 9.93. The molecule has 0 unspecified atom stereocenters. The number of piperazine rings is 1. The number of rotatable bonds is 2. The lowest BCUT2D eigenvalue weighted by Crippen LogP contribution is -2.75. The van der Waals surface area contributed by atoms with Gasteiger partial charge < -0.3 is 10.1 Å². The fourth-order valence-corrected chi connectivity index (χ4v) is 6.56.